The Kier molecular flexibility index (Phi) is 5.20. The summed E-state index contributed by atoms with van der Waals surface area (Å²) in [6.07, 6.45) is 2.09. The fraction of sp³-hybridized carbons (Fsp3) is 1.00. The summed E-state index contributed by atoms with van der Waals surface area (Å²) in [5, 5.41) is -0.502. The van der Waals surface area contributed by atoms with Crippen molar-refractivity contribution in [2.75, 3.05) is 18.1 Å². The van der Waals surface area contributed by atoms with Gasteiger partial charge in [-0.3, -0.25) is 0 Å². The van der Waals surface area contributed by atoms with Gasteiger partial charge in [-0.05, 0) is 26.7 Å². The molecule has 0 aliphatic carbocycles. The van der Waals surface area contributed by atoms with Crippen LogP contribution in [0.4, 0.5) is 0 Å². The molecule has 1 atom stereocenters. The van der Waals surface area contributed by atoms with E-state index in [0.717, 1.165) is 12.8 Å². The molecule has 7 heteroatoms. The molecule has 1 saturated heterocycles. The Morgan fingerprint density at radius 2 is 1.94 bits per heavy atom. The van der Waals surface area contributed by atoms with Crippen LogP contribution in [0.5, 0.6) is 0 Å². The zero-order chi connectivity index (χ0) is 14.0. The largest absolute Gasteiger partial charge is 0.229 e. The molecular formula is C11H23NO4S2. The quantitative estimate of drug-likeness (QED) is 0.733. The summed E-state index contributed by atoms with van der Waals surface area (Å²) in [7, 11) is -6.43. The highest BCUT2D eigenvalue weighted by molar-refractivity contribution is 7.92. The zero-order valence-electron chi connectivity index (χ0n) is 11.3. The third-order valence-electron chi connectivity index (χ3n) is 3.27. The van der Waals surface area contributed by atoms with E-state index in [4.69, 9.17) is 0 Å². The molecule has 0 spiro atoms. The maximum atomic E-state index is 12.3. The van der Waals surface area contributed by atoms with Crippen LogP contribution >= 0.6 is 0 Å². The summed E-state index contributed by atoms with van der Waals surface area (Å²) in [6, 6.07) is -0.367. The van der Waals surface area contributed by atoms with Crippen molar-refractivity contribution in [2.24, 2.45) is 0 Å². The normalized spacial score (nSPS) is 23.9. The van der Waals surface area contributed by atoms with Crippen LogP contribution in [0, 0.1) is 0 Å². The number of sulfone groups is 1. The SMILES string of the molecule is CCCCN(C1CCS(=O)(=O)C1)S(=O)(=O)C(C)C. The van der Waals surface area contributed by atoms with Gasteiger partial charge in [0.25, 0.3) is 0 Å². The molecule has 0 radical (unpaired) electrons. The second kappa shape index (κ2) is 5.88. The summed E-state index contributed by atoms with van der Waals surface area (Å²) in [6.45, 7) is 5.69. The van der Waals surface area contributed by atoms with Gasteiger partial charge in [0.1, 0.15) is 0 Å². The minimum absolute atomic E-state index is 0.0251. The lowest BCUT2D eigenvalue weighted by Crippen LogP contribution is -2.44. The third-order valence-corrected chi connectivity index (χ3v) is 7.35. The molecule has 1 heterocycles. The molecule has 108 valence electrons. The molecule has 0 saturated carbocycles. The first-order chi connectivity index (χ1) is 8.20. The predicted octanol–water partition coefficient (Wildman–Crippen LogP) is 1.01. The predicted molar refractivity (Wildman–Crippen MR) is 72.7 cm³/mol. The number of nitrogens with zero attached hydrogens (tertiary/aromatic N) is 1. The molecule has 0 bridgehead atoms. The van der Waals surface area contributed by atoms with Crippen molar-refractivity contribution in [1.82, 2.24) is 4.31 Å². The Morgan fingerprint density at radius 1 is 1.33 bits per heavy atom. The summed E-state index contributed by atoms with van der Waals surface area (Å²) >= 11 is 0. The van der Waals surface area contributed by atoms with Crippen LogP contribution in [0.2, 0.25) is 0 Å². The standard InChI is InChI=1S/C11H23NO4S2/c1-4-5-7-12(18(15,16)10(2)3)11-6-8-17(13,14)9-11/h10-11H,4-9H2,1-3H3. The van der Waals surface area contributed by atoms with Gasteiger partial charge in [-0.15, -0.1) is 0 Å². The van der Waals surface area contributed by atoms with Crippen LogP contribution in [0.3, 0.4) is 0 Å². The monoisotopic (exact) mass is 297 g/mol. The molecule has 0 aromatic heterocycles. The highest BCUT2D eigenvalue weighted by Gasteiger charge is 2.38. The summed E-state index contributed by atoms with van der Waals surface area (Å²) < 4.78 is 48.9. The first-order valence-corrected chi connectivity index (χ1v) is 9.74. The molecule has 18 heavy (non-hydrogen) atoms. The van der Waals surface area contributed by atoms with Gasteiger partial charge in [0.05, 0.1) is 16.8 Å². The Hall–Kier alpha value is -0.140. The molecule has 0 N–H and O–H groups in total. The average Bonchev–Trinajstić information content (AvgIpc) is 2.59. The molecule has 1 unspecified atom stereocenters. The Morgan fingerprint density at radius 3 is 2.33 bits per heavy atom. The van der Waals surface area contributed by atoms with Gasteiger partial charge < -0.3 is 0 Å². The van der Waals surface area contributed by atoms with Gasteiger partial charge in [-0.1, -0.05) is 13.3 Å². The molecule has 1 fully saturated rings. The third kappa shape index (κ3) is 3.68. The van der Waals surface area contributed by atoms with E-state index in [2.05, 4.69) is 0 Å². The van der Waals surface area contributed by atoms with Crippen molar-refractivity contribution in [1.29, 1.82) is 0 Å². The summed E-state index contributed by atoms with van der Waals surface area (Å²) in [4.78, 5) is 0. The second-order valence-electron chi connectivity index (χ2n) is 5.11. The van der Waals surface area contributed by atoms with Crippen molar-refractivity contribution < 1.29 is 16.8 Å². The van der Waals surface area contributed by atoms with Crippen molar-refractivity contribution >= 4 is 19.9 Å². The maximum absolute atomic E-state index is 12.3. The molecule has 5 nitrogen and oxygen atoms in total. The van der Waals surface area contributed by atoms with Gasteiger partial charge in [0, 0.05) is 12.6 Å². The van der Waals surface area contributed by atoms with E-state index in [9.17, 15) is 16.8 Å². The molecule has 1 aliphatic heterocycles. The van der Waals surface area contributed by atoms with Crippen LogP contribution < -0.4 is 0 Å². The van der Waals surface area contributed by atoms with Crippen LogP contribution in [-0.4, -0.2) is 50.5 Å². The second-order valence-corrected chi connectivity index (χ2v) is 9.79. The van der Waals surface area contributed by atoms with Crippen molar-refractivity contribution in [3.05, 3.63) is 0 Å². The highest BCUT2D eigenvalue weighted by atomic mass is 32.2. The first-order valence-electron chi connectivity index (χ1n) is 6.42. The Labute approximate surface area is 111 Å². The lowest BCUT2D eigenvalue weighted by Gasteiger charge is -2.29. The fourth-order valence-corrected chi connectivity index (χ4v) is 5.45. The van der Waals surface area contributed by atoms with Crippen LogP contribution in [-0.2, 0) is 19.9 Å². The van der Waals surface area contributed by atoms with Crippen LogP contribution in [0.25, 0.3) is 0 Å². The number of hydrogen-bond acceptors (Lipinski definition) is 4. The number of unbranched alkanes of at least 4 members (excludes halogenated alkanes) is 1. The number of hydrogen-bond donors (Lipinski definition) is 0. The Bertz CT molecular complexity index is 467. The van der Waals surface area contributed by atoms with E-state index < -0.39 is 25.1 Å². The minimum atomic E-state index is -3.38. The van der Waals surface area contributed by atoms with Gasteiger partial charge >= 0.3 is 0 Å². The molecule has 1 rings (SSSR count). The van der Waals surface area contributed by atoms with Crippen LogP contribution in [0.1, 0.15) is 40.0 Å². The fourth-order valence-electron chi connectivity index (χ4n) is 2.10. The highest BCUT2D eigenvalue weighted by Crippen LogP contribution is 2.23. The zero-order valence-corrected chi connectivity index (χ0v) is 12.9. The lowest BCUT2D eigenvalue weighted by atomic mass is 10.2. The van der Waals surface area contributed by atoms with Crippen molar-refractivity contribution in [2.45, 2.75) is 51.3 Å². The molecule has 1 aliphatic rings. The van der Waals surface area contributed by atoms with Crippen LogP contribution in [0.15, 0.2) is 0 Å². The van der Waals surface area contributed by atoms with Gasteiger partial charge in [-0.25, -0.2) is 16.8 Å². The van der Waals surface area contributed by atoms with Crippen molar-refractivity contribution in [3.63, 3.8) is 0 Å². The Balaban J connectivity index is 2.93. The number of rotatable bonds is 6. The molecule has 0 aromatic carbocycles. The van der Waals surface area contributed by atoms with E-state index in [1.54, 1.807) is 13.8 Å². The van der Waals surface area contributed by atoms with E-state index in [-0.39, 0.29) is 17.5 Å². The van der Waals surface area contributed by atoms with Gasteiger partial charge in [-0.2, -0.15) is 4.31 Å². The van der Waals surface area contributed by atoms with E-state index in [0.29, 0.717) is 13.0 Å². The summed E-state index contributed by atoms with van der Waals surface area (Å²) in [5.41, 5.74) is 0. The molecule has 0 aromatic rings. The number of sulfonamides is 1. The smallest absolute Gasteiger partial charge is 0.216 e. The first kappa shape index (κ1) is 15.9. The van der Waals surface area contributed by atoms with Gasteiger partial charge in [0.2, 0.25) is 10.0 Å². The topological polar surface area (TPSA) is 71.5 Å². The van der Waals surface area contributed by atoms with E-state index >= 15 is 0 Å². The maximum Gasteiger partial charge on any atom is 0.216 e. The van der Waals surface area contributed by atoms with E-state index in [1.165, 1.54) is 4.31 Å². The lowest BCUT2D eigenvalue weighted by molar-refractivity contribution is 0.332. The molecule has 0 amide bonds. The average molecular weight is 297 g/mol. The van der Waals surface area contributed by atoms with Gasteiger partial charge in [0.15, 0.2) is 9.84 Å². The van der Waals surface area contributed by atoms with Crippen molar-refractivity contribution in [3.8, 4) is 0 Å². The summed E-state index contributed by atoms with van der Waals surface area (Å²) in [5.74, 6) is 0.0799. The minimum Gasteiger partial charge on any atom is -0.229 e. The van der Waals surface area contributed by atoms with E-state index in [1.807, 2.05) is 6.92 Å². The molecular weight excluding hydrogens is 274 g/mol.